The summed E-state index contributed by atoms with van der Waals surface area (Å²) < 4.78 is 33.1. The van der Waals surface area contributed by atoms with E-state index in [0.717, 1.165) is 16.6 Å². The highest BCUT2D eigenvalue weighted by molar-refractivity contribution is 5.89. The van der Waals surface area contributed by atoms with Crippen LogP contribution in [0.5, 0.6) is 0 Å². The molecule has 1 atom stereocenters. The van der Waals surface area contributed by atoms with Crippen LogP contribution in [0.1, 0.15) is 48.2 Å². The molecule has 0 aliphatic heterocycles. The molecule has 25 heavy (non-hydrogen) atoms. The summed E-state index contributed by atoms with van der Waals surface area (Å²) >= 11 is 0. The van der Waals surface area contributed by atoms with E-state index in [9.17, 15) is 13.6 Å². The first-order valence-electron chi connectivity index (χ1n) is 8.06. The molecular formula is C19H18F2N2O2. The molecule has 0 fully saturated rings. The molecule has 0 amide bonds. The number of alkyl halides is 2. The number of rotatable bonds is 5. The molecule has 6 heteroatoms. The van der Waals surface area contributed by atoms with Gasteiger partial charge in [-0.15, -0.1) is 0 Å². The summed E-state index contributed by atoms with van der Waals surface area (Å²) in [5, 5.41) is 0. The number of halogens is 2. The topological polar surface area (TPSA) is 44.1 Å². The maximum absolute atomic E-state index is 13.5. The fourth-order valence-corrected chi connectivity index (χ4v) is 2.71. The van der Waals surface area contributed by atoms with Crippen LogP contribution in [-0.2, 0) is 11.2 Å². The van der Waals surface area contributed by atoms with Gasteiger partial charge in [0.15, 0.2) is 11.9 Å². The molecule has 3 aromatic rings. The Morgan fingerprint density at radius 2 is 1.84 bits per heavy atom. The van der Waals surface area contributed by atoms with Gasteiger partial charge in [0.25, 0.3) is 0 Å². The molecule has 1 aromatic heterocycles. The number of carbonyl (C=O) groups is 1. The summed E-state index contributed by atoms with van der Waals surface area (Å²) in [6.45, 7) is 0.787. The lowest BCUT2D eigenvalue weighted by Gasteiger charge is -2.15. The number of esters is 1. The summed E-state index contributed by atoms with van der Waals surface area (Å²) in [6.07, 6.45) is -0.0378. The molecule has 0 saturated heterocycles. The normalized spacial score (nSPS) is 12.5. The number of hydrogen-bond acceptors (Lipinski definition) is 3. The molecule has 0 saturated carbocycles. The van der Waals surface area contributed by atoms with Crippen LogP contribution in [0.4, 0.5) is 8.78 Å². The Kier molecular flexibility index (Phi) is 4.79. The molecule has 0 spiro atoms. The van der Waals surface area contributed by atoms with Gasteiger partial charge in [0, 0.05) is 0 Å². The molecular weight excluding hydrogens is 326 g/mol. The number of para-hydroxylation sites is 2. The second-order valence-corrected chi connectivity index (χ2v) is 5.70. The van der Waals surface area contributed by atoms with Gasteiger partial charge in [-0.3, -0.25) is 4.57 Å². The van der Waals surface area contributed by atoms with Crippen molar-refractivity contribution in [2.45, 2.75) is 32.9 Å². The van der Waals surface area contributed by atoms with Crippen molar-refractivity contribution in [1.29, 1.82) is 0 Å². The Morgan fingerprint density at radius 1 is 1.16 bits per heavy atom. The minimum absolute atomic E-state index is 0.0229. The lowest BCUT2D eigenvalue weighted by Crippen LogP contribution is -2.14. The van der Waals surface area contributed by atoms with Crippen LogP contribution < -0.4 is 0 Å². The van der Waals surface area contributed by atoms with Crippen molar-refractivity contribution in [3.05, 3.63) is 65.5 Å². The SMILES string of the molecule is CCc1ccc(C(=O)OC(C)c2nc3ccccc3n2C(F)F)cc1. The zero-order chi connectivity index (χ0) is 18.0. The summed E-state index contributed by atoms with van der Waals surface area (Å²) in [4.78, 5) is 16.5. The average Bonchev–Trinajstić information content (AvgIpc) is 3.01. The Balaban J connectivity index is 1.87. The molecule has 0 aliphatic rings. The number of aryl methyl sites for hydroxylation is 1. The lowest BCUT2D eigenvalue weighted by molar-refractivity contribution is 0.0233. The predicted molar refractivity (Wildman–Crippen MR) is 90.6 cm³/mol. The number of nitrogens with zero attached hydrogens (tertiary/aromatic N) is 2. The lowest BCUT2D eigenvalue weighted by atomic mass is 10.1. The third-order valence-corrected chi connectivity index (χ3v) is 4.06. The zero-order valence-electron chi connectivity index (χ0n) is 13.9. The molecule has 0 N–H and O–H groups in total. The first-order chi connectivity index (χ1) is 12.0. The van der Waals surface area contributed by atoms with Crippen molar-refractivity contribution >= 4 is 17.0 Å². The Labute approximate surface area is 144 Å². The average molecular weight is 344 g/mol. The number of fused-ring (bicyclic) bond motifs is 1. The maximum atomic E-state index is 13.5. The summed E-state index contributed by atoms with van der Waals surface area (Å²) in [7, 11) is 0. The van der Waals surface area contributed by atoms with Crippen molar-refractivity contribution in [1.82, 2.24) is 9.55 Å². The van der Waals surface area contributed by atoms with E-state index in [1.165, 1.54) is 0 Å². The van der Waals surface area contributed by atoms with Crippen molar-refractivity contribution in [3.63, 3.8) is 0 Å². The number of hydrogen-bond donors (Lipinski definition) is 0. The second kappa shape index (κ2) is 7.01. The number of benzene rings is 2. The fraction of sp³-hybridized carbons (Fsp3) is 0.263. The number of ether oxygens (including phenoxy) is 1. The van der Waals surface area contributed by atoms with E-state index >= 15 is 0 Å². The summed E-state index contributed by atoms with van der Waals surface area (Å²) in [6, 6.07) is 13.6. The Bertz CT molecular complexity index is 888. The predicted octanol–water partition coefficient (Wildman–Crippen LogP) is 4.91. The van der Waals surface area contributed by atoms with Crippen LogP contribution in [0.15, 0.2) is 48.5 Å². The van der Waals surface area contributed by atoms with Gasteiger partial charge in [-0.1, -0.05) is 31.2 Å². The van der Waals surface area contributed by atoms with Gasteiger partial charge in [0.05, 0.1) is 16.6 Å². The largest absolute Gasteiger partial charge is 0.451 e. The van der Waals surface area contributed by atoms with E-state index in [-0.39, 0.29) is 5.82 Å². The van der Waals surface area contributed by atoms with Crippen LogP contribution in [0.3, 0.4) is 0 Å². The third kappa shape index (κ3) is 3.38. The van der Waals surface area contributed by atoms with Crippen molar-refractivity contribution < 1.29 is 18.3 Å². The molecule has 130 valence electrons. The maximum Gasteiger partial charge on any atom is 0.338 e. The van der Waals surface area contributed by atoms with Crippen LogP contribution in [0.2, 0.25) is 0 Å². The van der Waals surface area contributed by atoms with Gasteiger partial charge in [-0.25, -0.2) is 9.78 Å². The van der Waals surface area contributed by atoms with E-state index in [1.54, 1.807) is 43.3 Å². The minimum atomic E-state index is -2.77. The van der Waals surface area contributed by atoms with E-state index in [2.05, 4.69) is 4.98 Å². The quantitative estimate of drug-likeness (QED) is 0.618. The molecule has 3 rings (SSSR count). The van der Waals surface area contributed by atoms with E-state index in [1.807, 2.05) is 19.1 Å². The molecule has 2 aromatic carbocycles. The van der Waals surface area contributed by atoms with Crippen molar-refractivity contribution in [2.75, 3.05) is 0 Å². The van der Waals surface area contributed by atoms with E-state index in [0.29, 0.717) is 16.6 Å². The number of imidazole rings is 1. The highest BCUT2D eigenvalue weighted by atomic mass is 19.3. The number of carbonyl (C=O) groups excluding carboxylic acids is 1. The van der Waals surface area contributed by atoms with Crippen LogP contribution in [0.25, 0.3) is 11.0 Å². The van der Waals surface area contributed by atoms with Gasteiger partial charge < -0.3 is 4.74 Å². The second-order valence-electron chi connectivity index (χ2n) is 5.70. The third-order valence-electron chi connectivity index (χ3n) is 4.06. The van der Waals surface area contributed by atoms with Gasteiger partial charge >= 0.3 is 12.5 Å². The van der Waals surface area contributed by atoms with E-state index in [4.69, 9.17) is 4.74 Å². The molecule has 4 nitrogen and oxygen atoms in total. The van der Waals surface area contributed by atoms with Crippen LogP contribution in [-0.4, -0.2) is 15.5 Å². The molecule has 0 bridgehead atoms. The first kappa shape index (κ1) is 17.1. The molecule has 0 radical (unpaired) electrons. The smallest absolute Gasteiger partial charge is 0.338 e. The summed E-state index contributed by atoms with van der Waals surface area (Å²) in [5.74, 6) is -0.544. The van der Waals surface area contributed by atoms with Gasteiger partial charge in [0.1, 0.15) is 0 Å². The molecule has 0 aliphatic carbocycles. The van der Waals surface area contributed by atoms with Gasteiger partial charge in [-0.2, -0.15) is 8.78 Å². The van der Waals surface area contributed by atoms with Gasteiger partial charge in [-0.05, 0) is 43.2 Å². The van der Waals surface area contributed by atoms with E-state index < -0.39 is 18.6 Å². The highest BCUT2D eigenvalue weighted by Crippen LogP contribution is 2.28. The number of aromatic nitrogens is 2. The Morgan fingerprint density at radius 3 is 2.48 bits per heavy atom. The minimum Gasteiger partial charge on any atom is -0.451 e. The van der Waals surface area contributed by atoms with Crippen molar-refractivity contribution in [3.8, 4) is 0 Å². The Hall–Kier alpha value is -2.76. The zero-order valence-corrected chi connectivity index (χ0v) is 13.9. The fourth-order valence-electron chi connectivity index (χ4n) is 2.71. The van der Waals surface area contributed by atoms with Crippen molar-refractivity contribution in [2.24, 2.45) is 0 Å². The standard InChI is InChI=1S/C19H18F2N2O2/c1-3-13-8-10-14(11-9-13)18(24)25-12(2)17-22-15-6-4-5-7-16(15)23(17)19(20)21/h4-12,19H,3H2,1-2H3. The summed E-state index contributed by atoms with van der Waals surface area (Å²) in [5.41, 5.74) is 2.23. The highest BCUT2D eigenvalue weighted by Gasteiger charge is 2.24. The first-order valence-corrected chi connectivity index (χ1v) is 8.06. The molecule has 1 unspecified atom stereocenters. The van der Waals surface area contributed by atoms with Crippen LogP contribution >= 0.6 is 0 Å². The monoisotopic (exact) mass is 344 g/mol. The van der Waals surface area contributed by atoms with Gasteiger partial charge in [0.2, 0.25) is 0 Å². The van der Waals surface area contributed by atoms with Crippen LogP contribution in [0, 0.1) is 0 Å². The molecule has 1 heterocycles.